The Balaban J connectivity index is 1.56. The van der Waals surface area contributed by atoms with Gasteiger partial charge in [-0.1, -0.05) is 0 Å². The van der Waals surface area contributed by atoms with E-state index < -0.39 is 0 Å². The van der Waals surface area contributed by atoms with Crippen molar-refractivity contribution < 1.29 is 4.79 Å². The van der Waals surface area contributed by atoms with Gasteiger partial charge in [-0.2, -0.15) is 0 Å². The monoisotopic (exact) mass is 234 g/mol. The van der Waals surface area contributed by atoms with Gasteiger partial charge in [0, 0.05) is 19.0 Å². The Kier molecular flexibility index (Phi) is 3.80. The van der Waals surface area contributed by atoms with Crippen LogP contribution >= 0.6 is 0 Å². The molecule has 2 rings (SSSR count). The van der Waals surface area contributed by atoms with Crippen molar-refractivity contribution in [2.45, 2.75) is 19.3 Å². The van der Waals surface area contributed by atoms with Gasteiger partial charge in [-0.15, -0.1) is 0 Å². The maximum Gasteiger partial charge on any atom is 0.223 e. The molecule has 0 spiro atoms. The molecule has 1 aliphatic carbocycles. The van der Waals surface area contributed by atoms with Crippen LogP contribution in [0.25, 0.3) is 0 Å². The fourth-order valence-electron chi connectivity index (χ4n) is 1.53. The van der Waals surface area contributed by atoms with Crippen molar-refractivity contribution in [1.82, 2.24) is 10.3 Å². The molecule has 0 atom stereocenters. The fourth-order valence-corrected chi connectivity index (χ4v) is 1.53. The van der Waals surface area contributed by atoms with E-state index in [9.17, 15) is 4.79 Å². The van der Waals surface area contributed by atoms with Crippen LogP contribution in [0, 0.1) is 5.92 Å². The van der Waals surface area contributed by atoms with Gasteiger partial charge in [-0.05, 0) is 31.4 Å². The normalized spacial score (nSPS) is 14.4. The summed E-state index contributed by atoms with van der Waals surface area (Å²) < 4.78 is 0. The van der Waals surface area contributed by atoms with Crippen LogP contribution in [0.5, 0.6) is 0 Å². The molecule has 17 heavy (non-hydrogen) atoms. The van der Waals surface area contributed by atoms with Gasteiger partial charge in [0.1, 0.15) is 5.82 Å². The van der Waals surface area contributed by atoms with Crippen molar-refractivity contribution in [3.05, 3.63) is 18.3 Å². The van der Waals surface area contributed by atoms with Crippen molar-refractivity contribution in [3.63, 3.8) is 0 Å². The predicted molar refractivity (Wildman–Crippen MR) is 67.5 cm³/mol. The van der Waals surface area contributed by atoms with Gasteiger partial charge in [0.15, 0.2) is 0 Å². The van der Waals surface area contributed by atoms with Gasteiger partial charge in [-0.25, -0.2) is 4.98 Å². The summed E-state index contributed by atoms with van der Waals surface area (Å²) in [6, 6.07) is 3.66. The van der Waals surface area contributed by atoms with Crippen LogP contribution in [0.15, 0.2) is 18.3 Å². The first kappa shape index (κ1) is 11.7. The van der Waals surface area contributed by atoms with Crippen LogP contribution in [0.2, 0.25) is 0 Å². The second kappa shape index (κ2) is 5.52. The molecule has 0 aliphatic heterocycles. The standard InChI is InChI=1S/C12H18N4O/c13-11-5-4-10(8-16-11)14-6-1-7-15-12(17)9-2-3-9/h4-5,8-9,14H,1-3,6-7H2,(H2,13,16)(H,15,17). The number of rotatable bonds is 6. The molecule has 5 heteroatoms. The lowest BCUT2D eigenvalue weighted by atomic mass is 10.3. The smallest absolute Gasteiger partial charge is 0.223 e. The molecule has 1 fully saturated rings. The number of hydrogen-bond donors (Lipinski definition) is 3. The Morgan fingerprint density at radius 2 is 2.24 bits per heavy atom. The number of carbonyl (C=O) groups is 1. The SMILES string of the molecule is Nc1ccc(NCCCNC(=O)C2CC2)cn1. The molecule has 1 amide bonds. The largest absolute Gasteiger partial charge is 0.384 e. The Labute approximate surface area is 101 Å². The van der Waals surface area contributed by atoms with Gasteiger partial charge in [0.25, 0.3) is 0 Å². The summed E-state index contributed by atoms with van der Waals surface area (Å²) in [5, 5.41) is 6.15. The van der Waals surface area contributed by atoms with Crippen molar-refractivity contribution in [2.24, 2.45) is 5.92 Å². The highest BCUT2D eigenvalue weighted by molar-refractivity contribution is 5.80. The summed E-state index contributed by atoms with van der Waals surface area (Å²) in [6.07, 6.45) is 4.73. The minimum absolute atomic E-state index is 0.208. The number of nitrogens with one attached hydrogen (secondary N) is 2. The molecule has 0 saturated heterocycles. The minimum Gasteiger partial charge on any atom is -0.384 e. The summed E-state index contributed by atoms with van der Waals surface area (Å²) in [6.45, 7) is 1.54. The lowest BCUT2D eigenvalue weighted by molar-refractivity contribution is -0.122. The zero-order valence-electron chi connectivity index (χ0n) is 9.78. The predicted octanol–water partition coefficient (Wildman–Crippen LogP) is 0.992. The fraction of sp³-hybridized carbons (Fsp3) is 0.500. The van der Waals surface area contributed by atoms with E-state index in [1.165, 1.54) is 0 Å². The number of anilines is 2. The molecule has 1 saturated carbocycles. The number of amides is 1. The molecule has 92 valence electrons. The van der Waals surface area contributed by atoms with E-state index in [1.54, 1.807) is 12.3 Å². The zero-order valence-corrected chi connectivity index (χ0v) is 9.78. The number of aromatic nitrogens is 1. The highest BCUT2D eigenvalue weighted by Crippen LogP contribution is 2.28. The van der Waals surface area contributed by atoms with Gasteiger partial charge in [-0.3, -0.25) is 4.79 Å². The number of pyridine rings is 1. The number of hydrogen-bond acceptors (Lipinski definition) is 4. The third kappa shape index (κ3) is 3.94. The van der Waals surface area contributed by atoms with Gasteiger partial charge >= 0.3 is 0 Å². The van der Waals surface area contributed by atoms with Crippen molar-refractivity contribution in [3.8, 4) is 0 Å². The van der Waals surface area contributed by atoms with Crippen molar-refractivity contribution >= 4 is 17.4 Å². The molecule has 0 unspecified atom stereocenters. The Morgan fingerprint density at radius 1 is 1.41 bits per heavy atom. The lowest BCUT2D eigenvalue weighted by Crippen LogP contribution is -2.27. The van der Waals surface area contributed by atoms with Crippen LogP contribution in [-0.4, -0.2) is 24.0 Å². The first-order valence-electron chi connectivity index (χ1n) is 5.99. The maximum absolute atomic E-state index is 11.3. The Bertz CT molecular complexity index is 373. The number of nitrogens with two attached hydrogens (primary N) is 1. The molecule has 1 heterocycles. The van der Waals surface area contributed by atoms with Crippen LogP contribution in [0.4, 0.5) is 11.5 Å². The van der Waals surface area contributed by atoms with E-state index in [1.807, 2.05) is 6.07 Å². The molecule has 4 N–H and O–H groups in total. The highest BCUT2D eigenvalue weighted by Gasteiger charge is 2.28. The molecule has 1 aliphatic rings. The van der Waals surface area contributed by atoms with E-state index in [4.69, 9.17) is 5.73 Å². The molecule has 0 aromatic carbocycles. The van der Waals surface area contributed by atoms with Crippen LogP contribution in [0.1, 0.15) is 19.3 Å². The topological polar surface area (TPSA) is 80.0 Å². The lowest BCUT2D eigenvalue weighted by Gasteiger charge is -2.07. The summed E-state index contributed by atoms with van der Waals surface area (Å²) in [7, 11) is 0. The molecule has 5 nitrogen and oxygen atoms in total. The van der Waals surface area contributed by atoms with E-state index >= 15 is 0 Å². The second-order valence-electron chi connectivity index (χ2n) is 4.32. The van der Waals surface area contributed by atoms with Crippen LogP contribution in [-0.2, 0) is 4.79 Å². The Morgan fingerprint density at radius 3 is 2.88 bits per heavy atom. The van der Waals surface area contributed by atoms with E-state index in [0.29, 0.717) is 11.7 Å². The summed E-state index contributed by atoms with van der Waals surface area (Å²) in [5.74, 6) is 1.02. The third-order valence-electron chi connectivity index (χ3n) is 2.72. The summed E-state index contributed by atoms with van der Waals surface area (Å²) in [5.41, 5.74) is 6.44. The van der Waals surface area contributed by atoms with Crippen LogP contribution in [0.3, 0.4) is 0 Å². The molecule has 0 bridgehead atoms. The minimum atomic E-state index is 0.208. The first-order valence-corrected chi connectivity index (χ1v) is 5.99. The molecular formula is C12H18N4O. The summed E-state index contributed by atoms with van der Waals surface area (Å²) in [4.78, 5) is 15.3. The van der Waals surface area contributed by atoms with Crippen LogP contribution < -0.4 is 16.4 Å². The maximum atomic E-state index is 11.3. The average molecular weight is 234 g/mol. The first-order chi connectivity index (χ1) is 8.25. The van der Waals surface area contributed by atoms with E-state index in [-0.39, 0.29) is 5.91 Å². The van der Waals surface area contributed by atoms with Gasteiger partial charge in [0.2, 0.25) is 5.91 Å². The zero-order chi connectivity index (χ0) is 12.1. The van der Waals surface area contributed by atoms with Crippen molar-refractivity contribution in [1.29, 1.82) is 0 Å². The van der Waals surface area contributed by atoms with E-state index in [0.717, 1.165) is 38.0 Å². The number of nitrogens with zero attached hydrogens (tertiary/aromatic N) is 1. The number of nitrogen functional groups attached to an aromatic ring is 1. The molecule has 1 aromatic rings. The average Bonchev–Trinajstić information content (AvgIpc) is 3.15. The number of carbonyl (C=O) groups excluding carboxylic acids is 1. The third-order valence-corrected chi connectivity index (χ3v) is 2.72. The van der Waals surface area contributed by atoms with Gasteiger partial charge in [0.05, 0.1) is 11.9 Å². The summed E-state index contributed by atoms with van der Waals surface area (Å²) >= 11 is 0. The molecule has 1 aromatic heterocycles. The van der Waals surface area contributed by atoms with Crippen molar-refractivity contribution in [2.75, 3.05) is 24.1 Å². The quantitative estimate of drug-likeness (QED) is 0.641. The Hall–Kier alpha value is -1.78. The highest BCUT2D eigenvalue weighted by atomic mass is 16.2. The van der Waals surface area contributed by atoms with Gasteiger partial charge < -0.3 is 16.4 Å². The second-order valence-corrected chi connectivity index (χ2v) is 4.32. The molecular weight excluding hydrogens is 216 g/mol. The van der Waals surface area contributed by atoms with E-state index in [2.05, 4.69) is 15.6 Å². The molecule has 0 radical (unpaired) electrons.